The number of aryl methyl sites for hydroxylation is 2. The lowest BCUT2D eigenvalue weighted by Gasteiger charge is -2.27. The van der Waals surface area contributed by atoms with Gasteiger partial charge >= 0.3 is 5.97 Å². The van der Waals surface area contributed by atoms with Gasteiger partial charge in [-0.1, -0.05) is 20.8 Å². The molecule has 1 heterocycles. The number of rotatable bonds is 4. The van der Waals surface area contributed by atoms with E-state index in [-0.39, 0.29) is 4.90 Å². The van der Waals surface area contributed by atoms with Crippen LogP contribution in [0.25, 0.3) is 0 Å². The molecule has 1 atom stereocenters. The fourth-order valence-corrected chi connectivity index (χ4v) is 4.64. The van der Waals surface area contributed by atoms with Crippen molar-refractivity contribution in [1.82, 2.24) is 4.72 Å². The molecule has 0 unspecified atom stereocenters. The van der Waals surface area contributed by atoms with Crippen LogP contribution in [0.2, 0.25) is 0 Å². The highest BCUT2D eigenvalue weighted by molar-refractivity contribution is 7.89. The van der Waals surface area contributed by atoms with Crippen LogP contribution in [0.1, 0.15) is 30.5 Å². The van der Waals surface area contributed by atoms with Crippen molar-refractivity contribution >= 4 is 27.3 Å². The third-order valence-electron chi connectivity index (χ3n) is 2.67. The van der Waals surface area contributed by atoms with E-state index in [4.69, 9.17) is 5.11 Å². The summed E-state index contributed by atoms with van der Waals surface area (Å²) < 4.78 is 26.8. The summed E-state index contributed by atoms with van der Waals surface area (Å²) in [5.74, 6) is -1.18. The Balaban J connectivity index is 3.15. The molecule has 0 saturated heterocycles. The highest BCUT2D eigenvalue weighted by Gasteiger charge is 2.35. The van der Waals surface area contributed by atoms with Gasteiger partial charge in [-0.15, -0.1) is 11.3 Å². The van der Waals surface area contributed by atoms with E-state index in [2.05, 4.69) is 4.72 Å². The maximum Gasteiger partial charge on any atom is 0.322 e. The van der Waals surface area contributed by atoms with Crippen LogP contribution >= 0.6 is 11.3 Å². The molecule has 5 nitrogen and oxygen atoms in total. The normalized spacial score (nSPS) is 14.4. The monoisotopic (exact) mass is 305 g/mol. The first-order valence-electron chi connectivity index (χ1n) is 5.77. The predicted octanol–water partition coefficient (Wildman–Crippen LogP) is 2.14. The van der Waals surface area contributed by atoms with Gasteiger partial charge in [0.2, 0.25) is 10.0 Å². The minimum Gasteiger partial charge on any atom is -0.480 e. The lowest BCUT2D eigenvalue weighted by molar-refractivity contribution is -0.141. The maximum absolute atomic E-state index is 12.3. The van der Waals surface area contributed by atoms with Crippen molar-refractivity contribution in [3.8, 4) is 0 Å². The highest BCUT2D eigenvalue weighted by Crippen LogP contribution is 2.27. The second-order valence-corrected chi connectivity index (χ2v) is 8.68. The molecule has 0 aromatic carbocycles. The average Bonchev–Trinajstić information content (AvgIpc) is 2.53. The lowest BCUT2D eigenvalue weighted by atomic mass is 9.88. The zero-order valence-electron chi connectivity index (χ0n) is 11.6. The number of carboxylic acids is 1. The molecule has 0 fully saturated rings. The van der Waals surface area contributed by atoms with Crippen LogP contribution in [0.15, 0.2) is 11.0 Å². The highest BCUT2D eigenvalue weighted by atomic mass is 32.2. The molecule has 1 aromatic heterocycles. The van der Waals surface area contributed by atoms with Gasteiger partial charge in [0, 0.05) is 9.75 Å². The van der Waals surface area contributed by atoms with Gasteiger partial charge in [-0.3, -0.25) is 4.79 Å². The lowest BCUT2D eigenvalue weighted by Crippen LogP contribution is -2.48. The van der Waals surface area contributed by atoms with Gasteiger partial charge in [-0.25, -0.2) is 8.42 Å². The van der Waals surface area contributed by atoms with E-state index >= 15 is 0 Å². The predicted molar refractivity (Wildman–Crippen MR) is 75.0 cm³/mol. The first-order valence-corrected chi connectivity index (χ1v) is 8.07. The zero-order valence-corrected chi connectivity index (χ0v) is 13.3. The van der Waals surface area contributed by atoms with Crippen molar-refractivity contribution in [2.45, 2.75) is 45.6 Å². The molecule has 108 valence electrons. The van der Waals surface area contributed by atoms with Gasteiger partial charge in [0.25, 0.3) is 0 Å². The first-order chi connectivity index (χ1) is 8.45. The number of sulfonamides is 1. The molecule has 19 heavy (non-hydrogen) atoms. The van der Waals surface area contributed by atoms with E-state index in [9.17, 15) is 13.2 Å². The van der Waals surface area contributed by atoms with Crippen molar-refractivity contribution in [2.24, 2.45) is 5.41 Å². The number of carbonyl (C=O) groups is 1. The quantitative estimate of drug-likeness (QED) is 0.892. The third-order valence-corrected chi connectivity index (χ3v) is 5.32. The van der Waals surface area contributed by atoms with Crippen LogP contribution in [0.5, 0.6) is 0 Å². The van der Waals surface area contributed by atoms with Crippen molar-refractivity contribution in [2.75, 3.05) is 0 Å². The van der Waals surface area contributed by atoms with Gasteiger partial charge < -0.3 is 5.11 Å². The largest absolute Gasteiger partial charge is 0.480 e. The Kier molecular flexibility index (Phi) is 4.44. The molecule has 0 spiro atoms. The molecular weight excluding hydrogens is 286 g/mol. The van der Waals surface area contributed by atoms with Crippen LogP contribution in [0.4, 0.5) is 0 Å². The molecule has 0 aliphatic carbocycles. The van der Waals surface area contributed by atoms with Gasteiger partial charge in [0.1, 0.15) is 6.04 Å². The van der Waals surface area contributed by atoms with Crippen LogP contribution in [-0.2, 0) is 14.8 Å². The summed E-state index contributed by atoms with van der Waals surface area (Å²) in [6.07, 6.45) is 0. The first kappa shape index (κ1) is 16.1. The van der Waals surface area contributed by atoms with Crippen LogP contribution in [0, 0.1) is 19.3 Å². The Morgan fingerprint density at radius 3 is 2.21 bits per heavy atom. The Labute approximate surface area is 117 Å². The molecular formula is C12H19NO4S2. The molecule has 0 amide bonds. The van der Waals surface area contributed by atoms with Crippen LogP contribution in [0.3, 0.4) is 0 Å². The van der Waals surface area contributed by atoms with Gasteiger partial charge in [0.05, 0.1) is 4.90 Å². The summed E-state index contributed by atoms with van der Waals surface area (Å²) >= 11 is 1.37. The average molecular weight is 305 g/mol. The van der Waals surface area contributed by atoms with Crippen molar-refractivity contribution in [3.05, 3.63) is 15.8 Å². The van der Waals surface area contributed by atoms with E-state index in [0.29, 0.717) is 4.88 Å². The number of hydrogen-bond acceptors (Lipinski definition) is 4. The van der Waals surface area contributed by atoms with Gasteiger partial charge in [-0.2, -0.15) is 4.72 Å². The van der Waals surface area contributed by atoms with Crippen molar-refractivity contribution < 1.29 is 18.3 Å². The Hall–Kier alpha value is -0.920. The second-order valence-electron chi connectivity index (χ2n) is 5.54. The molecule has 1 rings (SSSR count). The molecule has 0 radical (unpaired) electrons. The summed E-state index contributed by atoms with van der Waals surface area (Å²) in [7, 11) is -3.82. The van der Waals surface area contributed by atoms with Crippen molar-refractivity contribution in [3.63, 3.8) is 0 Å². The number of aliphatic carboxylic acids is 1. The Morgan fingerprint density at radius 2 is 1.89 bits per heavy atom. The number of hydrogen-bond donors (Lipinski definition) is 2. The zero-order chi connectivity index (χ0) is 15.0. The fraction of sp³-hybridized carbons (Fsp3) is 0.583. The third kappa shape index (κ3) is 3.77. The standard InChI is InChI=1S/C12H19NO4S2/c1-7-6-9(8(2)18-7)19(16,17)13-10(11(14)15)12(3,4)5/h6,10,13H,1-5H3,(H,14,15)/t10-/m0/s1. The minimum atomic E-state index is -3.82. The van der Waals surface area contributed by atoms with Gasteiger partial charge in [-0.05, 0) is 25.3 Å². The number of carboxylic acid groups (broad SMARTS) is 1. The van der Waals surface area contributed by atoms with Gasteiger partial charge in [0.15, 0.2) is 0 Å². The summed E-state index contributed by atoms with van der Waals surface area (Å²) in [6, 6.07) is 0.390. The SMILES string of the molecule is Cc1cc(S(=O)(=O)N[C@@H](C(=O)O)C(C)(C)C)c(C)s1. The fourth-order valence-electron chi connectivity index (χ4n) is 1.69. The molecule has 7 heteroatoms. The van der Waals surface area contributed by atoms with E-state index < -0.39 is 27.4 Å². The molecule has 2 N–H and O–H groups in total. The van der Waals surface area contributed by atoms with E-state index in [1.54, 1.807) is 33.8 Å². The van der Waals surface area contributed by atoms with Crippen molar-refractivity contribution in [1.29, 1.82) is 0 Å². The molecule has 1 aromatic rings. The molecule has 0 bridgehead atoms. The Morgan fingerprint density at radius 1 is 1.37 bits per heavy atom. The van der Waals surface area contributed by atoms with Crippen LogP contribution < -0.4 is 4.72 Å². The number of thiophene rings is 1. The summed E-state index contributed by atoms with van der Waals surface area (Å²) in [4.78, 5) is 12.9. The van der Waals surface area contributed by atoms with E-state index in [1.165, 1.54) is 11.3 Å². The Bertz CT molecular complexity index is 581. The van der Waals surface area contributed by atoms with E-state index in [1.807, 2.05) is 6.92 Å². The number of nitrogens with one attached hydrogen (secondary N) is 1. The van der Waals surface area contributed by atoms with E-state index in [0.717, 1.165) is 4.88 Å². The molecule has 0 aliphatic rings. The summed E-state index contributed by atoms with van der Waals surface area (Å²) in [5, 5.41) is 9.17. The maximum atomic E-state index is 12.3. The smallest absolute Gasteiger partial charge is 0.322 e. The molecule has 0 saturated carbocycles. The van der Waals surface area contributed by atoms with Crippen LogP contribution in [-0.4, -0.2) is 25.5 Å². The summed E-state index contributed by atoms with van der Waals surface area (Å²) in [5.41, 5.74) is -0.710. The second kappa shape index (κ2) is 5.22. The topological polar surface area (TPSA) is 83.5 Å². The summed E-state index contributed by atoms with van der Waals surface area (Å²) in [6.45, 7) is 8.56. The minimum absolute atomic E-state index is 0.158. The molecule has 0 aliphatic heterocycles.